The van der Waals surface area contributed by atoms with Crippen LogP contribution in [0.1, 0.15) is 66.2 Å². The number of hydrogen-bond donors (Lipinski definition) is 10. The van der Waals surface area contributed by atoms with Gasteiger partial charge in [0.15, 0.2) is 0 Å². The van der Waals surface area contributed by atoms with E-state index in [4.69, 9.17) is 51.1 Å². The van der Waals surface area contributed by atoms with Gasteiger partial charge < -0.3 is 55.8 Å². The minimum Gasteiger partial charge on any atom is -0.481 e. The van der Waals surface area contributed by atoms with Gasteiger partial charge in [0.05, 0.1) is 50.4 Å². The number of hydrogen-bond acceptors (Lipinski definition) is 11. The van der Waals surface area contributed by atoms with Crippen LogP contribution in [0.2, 0.25) is 0 Å². The summed E-state index contributed by atoms with van der Waals surface area (Å²) in [4.78, 5) is 69.2. The van der Waals surface area contributed by atoms with Crippen molar-refractivity contribution in [2.75, 3.05) is 26.4 Å². The zero-order valence-corrected chi connectivity index (χ0v) is 23.2. The lowest BCUT2D eigenvalue weighted by Gasteiger charge is -1.94. The number of aliphatic hydroxyl groups is 3. The van der Waals surface area contributed by atoms with Crippen LogP contribution in [0.25, 0.3) is 0 Å². The van der Waals surface area contributed by atoms with Gasteiger partial charge in [0, 0.05) is 12.8 Å². The number of aliphatic carboxylic acids is 5. The van der Waals surface area contributed by atoms with Crippen molar-refractivity contribution >= 4 is 41.8 Å². The molecule has 1 aromatic carbocycles. The molecule has 246 valence electrons. The third kappa shape index (κ3) is 42.0. The molecule has 10 N–H and O–H groups in total. The Kier molecular flexibility index (Phi) is 32.0. The van der Waals surface area contributed by atoms with E-state index in [2.05, 4.69) is 4.74 Å². The fourth-order valence-corrected chi connectivity index (χ4v) is 1.75. The van der Waals surface area contributed by atoms with Crippen molar-refractivity contribution in [1.82, 2.24) is 0 Å². The number of carboxylic acids is 7. The van der Waals surface area contributed by atoms with Crippen molar-refractivity contribution in [3.63, 3.8) is 0 Å². The van der Waals surface area contributed by atoms with Gasteiger partial charge >= 0.3 is 41.8 Å². The molecule has 1 atom stereocenters. The lowest BCUT2D eigenvalue weighted by atomic mass is 10.1. The van der Waals surface area contributed by atoms with Crippen LogP contribution in [-0.4, -0.2) is 125 Å². The van der Waals surface area contributed by atoms with Crippen LogP contribution in [0.15, 0.2) is 24.3 Å². The Morgan fingerprint density at radius 2 is 0.837 bits per heavy atom. The molecule has 1 rings (SSSR count). The second-order valence-corrected chi connectivity index (χ2v) is 7.54. The molecular weight excluding hydrogens is 588 g/mol. The number of unbranched alkanes of at least 4 members (excludes halogenated alkanes) is 1. The van der Waals surface area contributed by atoms with Crippen LogP contribution < -0.4 is 0 Å². The third-order valence-corrected chi connectivity index (χ3v) is 3.79. The molecule has 0 aliphatic carbocycles. The standard InChI is InChI=1S/C8H6O4.C6H10O4.C4H6O4.C4H10O3.C3H6O3/c9-7(10)5-1-2-6(4-3-5)8(11)12;7-5(8)3-1-2-4-6(9)10;5-3(6)1-2-4(7)8;5-1-3-7-4-2-6;1-2(4)3(5)6/h1-4H,(H,9,10)(H,11,12);1-4H2,(H,7,8)(H,9,10);1-2H2,(H,5,6)(H,7,8);5-6H,1-4H2;2,4H,1H3,(H,5,6). The Morgan fingerprint density at radius 3 is 1.00 bits per heavy atom. The molecule has 1 aromatic rings. The molecule has 0 aliphatic heterocycles. The van der Waals surface area contributed by atoms with Crippen molar-refractivity contribution < 1.29 is 89.4 Å². The van der Waals surface area contributed by atoms with Crippen LogP contribution in [0.3, 0.4) is 0 Å². The Bertz CT molecular complexity index is 888. The summed E-state index contributed by atoms with van der Waals surface area (Å²) < 4.78 is 4.63. The smallest absolute Gasteiger partial charge is 0.335 e. The van der Waals surface area contributed by atoms with Gasteiger partial charge in [-0.25, -0.2) is 14.4 Å². The predicted octanol–water partition coefficient (Wildman–Crippen LogP) is 0.174. The molecule has 0 aromatic heterocycles. The summed E-state index contributed by atoms with van der Waals surface area (Å²) in [6.45, 7) is 1.89. The average Bonchev–Trinajstić information content (AvgIpc) is 2.91. The van der Waals surface area contributed by atoms with Crippen molar-refractivity contribution in [3.05, 3.63) is 35.4 Å². The molecule has 0 saturated heterocycles. The number of ether oxygens (including phenoxy) is 1. The highest BCUT2D eigenvalue weighted by Crippen LogP contribution is 2.03. The largest absolute Gasteiger partial charge is 0.481 e. The van der Waals surface area contributed by atoms with E-state index < -0.39 is 47.9 Å². The van der Waals surface area contributed by atoms with Crippen LogP contribution in [-0.2, 0) is 28.7 Å². The number of carbonyl (C=O) groups is 7. The minimum atomic E-state index is -1.23. The molecule has 0 spiro atoms. The van der Waals surface area contributed by atoms with Crippen molar-refractivity contribution in [2.45, 2.75) is 51.6 Å². The normalized spacial score (nSPS) is 9.77. The van der Waals surface area contributed by atoms with E-state index in [9.17, 15) is 33.6 Å². The van der Waals surface area contributed by atoms with Gasteiger partial charge in [0.1, 0.15) is 6.10 Å². The van der Waals surface area contributed by atoms with E-state index in [0.717, 1.165) is 0 Å². The Morgan fingerprint density at radius 1 is 0.581 bits per heavy atom. The summed E-state index contributed by atoms with van der Waals surface area (Å²) in [5.41, 5.74) is 0.167. The van der Waals surface area contributed by atoms with Crippen molar-refractivity contribution in [3.8, 4) is 0 Å². The van der Waals surface area contributed by atoms with E-state index in [-0.39, 0.29) is 50.0 Å². The van der Waals surface area contributed by atoms with Crippen molar-refractivity contribution in [2.24, 2.45) is 0 Å². The monoisotopic (exact) mass is 626 g/mol. The van der Waals surface area contributed by atoms with Gasteiger partial charge in [0.2, 0.25) is 0 Å². The fraction of sp³-hybridized carbons (Fsp3) is 0.480. The van der Waals surface area contributed by atoms with Gasteiger partial charge in [-0.2, -0.15) is 0 Å². The first-order chi connectivity index (χ1) is 19.9. The summed E-state index contributed by atoms with van der Waals surface area (Å²) in [7, 11) is 0. The van der Waals surface area contributed by atoms with Crippen LogP contribution in [0.5, 0.6) is 0 Å². The van der Waals surface area contributed by atoms with E-state index in [1.54, 1.807) is 0 Å². The number of aliphatic hydroxyl groups excluding tert-OH is 3. The average molecular weight is 627 g/mol. The van der Waals surface area contributed by atoms with E-state index >= 15 is 0 Å². The van der Waals surface area contributed by atoms with Crippen molar-refractivity contribution in [1.29, 1.82) is 0 Å². The van der Waals surface area contributed by atoms with Crippen LogP contribution >= 0.6 is 0 Å². The minimum absolute atomic E-state index is 0.0278. The molecular formula is C25H38O18. The zero-order chi connectivity index (χ0) is 34.4. The Hall–Kier alpha value is -4.65. The third-order valence-electron chi connectivity index (χ3n) is 3.79. The van der Waals surface area contributed by atoms with E-state index in [1.165, 1.54) is 31.2 Å². The van der Waals surface area contributed by atoms with Gasteiger partial charge in [-0.1, -0.05) is 0 Å². The van der Waals surface area contributed by atoms with Gasteiger partial charge in [0.25, 0.3) is 0 Å². The molecule has 18 heteroatoms. The maximum atomic E-state index is 10.3. The molecule has 18 nitrogen and oxygen atoms in total. The highest BCUT2D eigenvalue weighted by molar-refractivity contribution is 5.91. The maximum absolute atomic E-state index is 10.3. The molecule has 0 amide bonds. The first-order valence-corrected chi connectivity index (χ1v) is 12.1. The Labute approximate surface area is 245 Å². The lowest BCUT2D eigenvalue weighted by Crippen LogP contribution is -2.13. The lowest BCUT2D eigenvalue weighted by molar-refractivity contribution is -0.145. The second kappa shape index (κ2) is 30.3. The van der Waals surface area contributed by atoms with E-state index in [0.29, 0.717) is 26.1 Å². The molecule has 0 saturated carbocycles. The SMILES string of the molecule is CC(O)C(=O)O.O=C(O)CCC(=O)O.O=C(O)CCCCC(=O)O.O=C(O)c1ccc(C(=O)O)cc1.OCCOCCO. The maximum Gasteiger partial charge on any atom is 0.335 e. The van der Waals surface area contributed by atoms with Gasteiger partial charge in [-0.3, -0.25) is 19.2 Å². The molecule has 1 unspecified atom stereocenters. The summed E-state index contributed by atoms with van der Waals surface area (Å²) >= 11 is 0. The summed E-state index contributed by atoms with van der Waals surface area (Å²) in [6.07, 6.45) is -0.806. The first-order valence-electron chi connectivity index (χ1n) is 12.1. The van der Waals surface area contributed by atoms with Crippen LogP contribution in [0, 0.1) is 0 Å². The fourth-order valence-electron chi connectivity index (χ4n) is 1.75. The summed E-state index contributed by atoms with van der Waals surface area (Å²) in [5, 5.41) is 80.9. The predicted molar refractivity (Wildman–Crippen MR) is 143 cm³/mol. The number of rotatable bonds is 15. The molecule has 43 heavy (non-hydrogen) atoms. The van der Waals surface area contributed by atoms with Gasteiger partial charge in [-0.15, -0.1) is 0 Å². The molecule has 0 aliphatic rings. The zero-order valence-electron chi connectivity index (χ0n) is 23.2. The topological polar surface area (TPSA) is 331 Å². The van der Waals surface area contributed by atoms with Gasteiger partial charge in [-0.05, 0) is 44.0 Å². The molecule has 0 fully saturated rings. The highest BCUT2D eigenvalue weighted by atomic mass is 16.5. The second-order valence-electron chi connectivity index (χ2n) is 7.54. The van der Waals surface area contributed by atoms with E-state index in [1.807, 2.05) is 0 Å². The number of benzene rings is 1. The Balaban J connectivity index is -0.000000227. The first kappa shape index (κ1) is 45.3. The summed E-state index contributed by atoms with van der Waals surface area (Å²) in [6, 6.07) is 5.02. The quantitative estimate of drug-likeness (QED) is 0.116. The number of carboxylic acid groups (broad SMARTS) is 7. The molecule has 0 bridgehead atoms. The number of aromatic carboxylic acids is 2. The molecule has 0 radical (unpaired) electrons. The summed E-state index contributed by atoms with van der Waals surface area (Å²) in [5.74, 6) is -7.20. The highest BCUT2D eigenvalue weighted by Gasteiger charge is 2.05. The van der Waals surface area contributed by atoms with Crippen LogP contribution in [0.4, 0.5) is 0 Å². The molecule has 0 heterocycles.